The molecule has 2 rings (SSSR count). The lowest BCUT2D eigenvalue weighted by Gasteiger charge is -2.02. The van der Waals surface area contributed by atoms with Gasteiger partial charge in [-0.15, -0.1) is 0 Å². The summed E-state index contributed by atoms with van der Waals surface area (Å²) < 4.78 is 5.30. The maximum Gasteiger partial charge on any atom is 0.299 e. The van der Waals surface area contributed by atoms with Crippen LogP contribution in [-0.2, 0) is 12.8 Å². The molecule has 2 aromatic rings. The molecular weight excluding hydrogens is 214 g/mol. The maximum absolute atomic E-state index is 5.45. The first-order valence-electron chi connectivity index (χ1n) is 5.82. The van der Waals surface area contributed by atoms with Gasteiger partial charge >= 0.3 is 0 Å². The first kappa shape index (κ1) is 11.7. The lowest BCUT2D eigenvalue weighted by atomic mass is 10.1. The Morgan fingerprint density at radius 2 is 2.06 bits per heavy atom. The van der Waals surface area contributed by atoms with Gasteiger partial charge in [-0.25, -0.2) is 0 Å². The van der Waals surface area contributed by atoms with Crippen LogP contribution in [0, 0.1) is 0 Å². The smallest absolute Gasteiger partial charge is 0.299 e. The zero-order valence-corrected chi connectivity index (χ0v) is 9.94. The van der Waals surface area contributed by atoms with Crippen LogP contribution in [0.25, 0.3) is 0 Å². The molecule has 1 aromatic carbocycles. The molecule has 3 N–H and O–H groups in total. The van der Waals surface area contributed by atoms with Crippen molar-refractivity contribution in [2.45, 2.75) is 19.8 Å². The summed E-state index contributed by atoms with van der Waals surface area (Å²) in [7, 11) is 0. The maximum atomic E-state index is 5.45. The highest BCUT2D eigenvalue weighted by atomic mass is 16.4. The third kappa shape index (κ3) is 3.07. The van der Waals surface area contributed by atoms with Crippen LogP contribution in [0.5, 0.6) is 0 Å². The fourth-order valence-electron chi connectivity index (χ4n) is 1.57. The molecule has 4 heteroatoms. The lowest BCUT2D eigenvalue weighted by molar-refractivity contribution is 0.575. The Bertz CT molecular complexity index is 462. The molecule has 1 heterocycles. The number of hydrogen-bond acceptors (Lipinski definition) is 4. The van der Waals surface area contributed by atoms with E-state index in [0.29, 0.717) is 12.6 Å². The molecular formula is C13H17N3O. The van der Waals surface area contributed by atoms with Gasteiger partial charge < -0.3 is 15.5 Å². The van der Waals surface area contributed by atoms with Crippen LogP contribution >= 0.6 is 0 Å². The first-order valence-corrected chi connectivity index (χ1v) is 5.82. The molecule has 0 atom stereocenters. The molecule has 0 saturated heterocycles. The van der Waals surface area contributed by atoms with E-state index < -0.39 is 0 Å². The minimum atomic E-state index is 0.512. The number of nitrogens with one attached hydrogen (secondary N) is 1. The molecule has 0 amide bonds. The molecule has 0 aliphatic heterocycles. The molecule has 0 radical (unpaired) electrons. The summed E-state index contributed by atoms with van der Waals surface area (Å²) in [5, 5.41) is 3.12. The van der Waals surface area contributed by atoms with Crippen LogP contribution in [-0.4, -0.2) is 11.5 Å². The van der Waals surface area contributed by atoms with Crippen molar-refractivity contribution in [2.24, 2.45) is 5.73 Å². The van der Waals surface area contributed by atoms with Gasteiger partial charge in [0.2, 0.25) is 0 Å². The predicted molar refractivity (Wildman–Crippen MR) is 68.4 cm³/mol. The highest BCUT2D eigenvalue weighted by Gasteiger charge is 2.03. The zero-order valence-electron chi connectivity index (χ0n) is 9.94. The van der Waals surface area contributed by atoms with Crippen molar-refractivity contribution in [1.29, 1.82) is 0 Å². The van der Waals surface area contributed by atoms with Crippen LogP contribution in [0.1, 0.15) is 18.2 Å². The Hall–Kier alpha value is -1.81. The summed E-state index contributed by atoms with van der Waals surface area (Å²) >= 11 is 0. The van der Waals surface area contributed by atoms with Crippen LogP contribution in [0.3, 0.4) is 0 Å². The van der Waals surface area contributed by atoms with E-state index >= 15 is 0 Å². The van der Waals surface area contributed by atoms with Gasteiger partial charge in [0.15, 0.2) is 0 Å². The Morgan fingerprint density at radius 3 is 2.71 bits per heavy atom. The van der Waals surface area contributed by atoms with Gasteiger partial charge in [-0.3, -0.25) is 0 Å². The zero-order chi connectivity index (χ0) is 12.1. The fourth-order valence-corrected chi connectivity index (χ4v) is 1.57. The van der Waals surface area contributed by atoms with E-state index in [1.54, 1.807) is 6.26 Å². The topological polar surface area (TPSA) is 64.1 Å². The number of aromatic nitrogens is 1. The second-order valence-corrected chi connectivity index (χ2v) is 3.86. The van der Waals surface area contributed by atoms with E-state index in [-0.39, 0.29) is 0 Å². The number of aryl methyl sites for hydroxylation is 1. The standard InChI is InChI=1S/C13H17N3O/c1-2-10-3-5-11(6-4-10)15-13-16-12(7-8-14)9-17-13/h3-6,9H,2,7-8,14H2,1H3,(H,15,16). The van der Waals surface area contributed by atoms with E-state index in [9.17, 15) is 0 Å². The number of hydrogen-bond donors (Lipinski definition) is 2. The summed E-state index contributed by atoms with van der Waals surface area (Å²) in [6.07, 6.45) is 3.41. The van der Waals surface area contributed by atoms with Gasteiger partial charge in [-0.2, -0.15) is 4.98 Å². The Balaban J connectivity index is 2.03. The quantitative estimate of drug-likeness (QED) is 0.829. The SMILES string of the molecule is CCc1ccc(Nc2nc(CCN)co2)cc1. The molecule has 4 nitrogen and oxygen atoms in total. The van der Waals surface area contributed by atoms with Crippen molar-refractivity contribution < 1.29 is 4.42 Å². The molecule has 1 aromatic heterocycles. The first-order chi connectivity index (χ1) is 8.31. The number of oxazole rings is 1. The molecule has 0 aliphatic rings. The molecule has 17 heavy (non-hydrogen) atoms. The van der Waals surface area contributed by atoms with Crippen molar-refractivity contribution in [2.75, 3.05) is 11.9 Å². The van der Waals surface area contributed by atoms with Crippen LogP contribution in [0.2, 0.25) is 0 Å². The van der Waals surface area contributed by atoms with Crippen LogP contribution < -0.4 is 11.1 Å². The van der Waals surface area contributed by atoms with Crippen molar-refractivity contribution >= 4 is 11.7 Å². The summed E-state index contributed by atoms with van der Waals surface area (Å²) in [5.74, 6) is 0. The number of rotatable bonds is 5. The van der Waals surface area contributed by atoms with E-state index in [4.69, 9.17) is 10.2 Å². The average Bonchev–Trinajstić information content (AvgIpc) is 2.78. The van der Waals surface area contributed by atoms with Crippen molar-refractivity contribution in [1.82, 2.24) is 4.98 Å². The van der Waals surface area contributed by atoms with Gasteiger partial charge in [0.25, 0.3) is 6.01 Å². The third-order valence-corrected chi connectivity index (χ3v) is 2.57. The van der Waals surface area contributed by atoms with Gasteiger partial charge in [0, 0.05) is 12.1 Å². The summed E-state index contributed by atoms with van der Waals surface area (Å²) in [5.41, 5.74) is 8.61. The molecule has 0 unspecified atom stereocenters. The Morgan fingerprint density at radius 1 is 1.29 bits per heavy atom. The number of nitrogens with zero attached hydrogens (tertiary/aromatic N) is 1. The van der Waals surface area contributed by atoms with Crippen molar-refractivity contribution in [3.63, 3.8) is 0 Å². The normalized spacial score (nSPS) is 10.5. The molecule has 0 saturated carbocycles. The van der Waals surface area contributed by atoms with E-state index in [1.165, 1.54) is 5.56 Å². The predicted octanol–water partition coefficient (Wildman–Crippen LogP) is 2.48. The van der Waals surface area contributed by atoms with Gasteiger partial charge in [-0.1, -0.05) is 19.1 Å². The number of benzene rings is 1. The lowest BCUT2D eigenvalue weighted by Crippen LogP contribution is -2.02. The van der Waals surface area contributed by atoms with Gasteiger partial charge in [0.1, 0.15) is 6.26 Å². The van der Waals surface area contributed by atoms with Crippen molar-refractivity contribution in [3.8, 4) is 0 Å². The summed E-state index contributed by atoms with van der Waals surface area (Å²) in [4.78, 5) is 4.28. The van der Waals surface area contributed by atoms with E-state index in [2.05, 4.69) is 29.4 Å². The van der Waals surface area contributed by atoms with Crippen molar-refractivity contribution in [3.05, 3.63) is 41.8 Å². The summed E-state index contributed by atoms with van der Waals surface area (Å²) in [6.45, 7) is 2.72. The monoisotopic (exact) mass is 231 g/mol. The molecule has 0 aliphatic carbocycles. The van der Waals surface area contributed by atoms with Gasteiger partial charge in [0.05, 0.1) is 5.69 Å². The molecule has 0 fully saturated rings. The highest BCUT2D eigenvalue weighted by molar-refractivity contribution is 5.52. The fraction of sp³-hybridized carbons (Fsp3) is 0.308. The third-order valence-electron chi connectivity index (χ3n) is 2.57. The molecule has 90 valence electrons. The minimum Gasteiger partial charge on any atom is -0.432 e. The average molecular weight is 231 g/mol. The Labute approximate surface area is 101 Å². The second kappa shape index (κ2) is 5.50. The van der Waals surface area contributed by atoms with E-state index in [1.807, 2.05) is 12.1 Å². The van der Waals surface area contributed by atoms with Crippen LogP contribution in [0.4, 0.5) is 11.7 Å². The molecule has 0 spiro atoms. The number of anilines is 2. The summed E-state index contributed by atoms with van der Waals surface area (Å²) in [6, 6.07) is 8.73. The van der Waals surface area contributed by atoms with Gasteiger partial charge in [-0.05, 0) is 30.7 Å². The minimum absolute atomic E-state index is 0.512. The highest BCUT2D eigenvalue weighted by Crippen LogP contribution is 2.16. The largest absolute Gasteiger partial charge is 0.432 e. The second-order valence-electron chi connectivity index (χ2n) is 3.86. The molecule has 0 bridgehead atoms. The number of nitrogens with two attached hydrogens (primary N) is 1. The van der Waals surface area contributed by atoms with E-state index in [0.717, 1.165) is 24.2 Å². The Kier molecular flexibility index (Phi) is 3.77. The van der Waals surface area contributed by atoms with Crippen LogP contribution in [0.15, 0.2) is 34.9 Å².